The topological polar surface area (TPSA) is 141 Å². The highest BCUT2D eigenvalue weighted by atomic mass is 32.2. The lowest BCUT2D eigenvalue weighted by Gasteiger charge is -2.27. The van der Waals surface area contributed by atoms with Crippen molar-refractivity contribution in [3.05, 3.63) is 42.2 Å². The molecule has 2 aliphatic rings. The van der Waals surface area contributed by atoms with Crippen molar-refractivity contribution >= 4 is 36.6 Å². The van der Waals surface area contributed by atoms with E-state index in [0.29, 0.717) is 33.8 Å². The summed E-state index contributed by atoms with van der Waals surface area (Å²) in [5.74, 6) is 1.76. The Hall–Kier alpha value is -2.05. The molecule has 5 atom stereocenters. The van der Waals surface area contributed by atoms with Crippen LogP contribution in [0.25, 0.3) is 11.2 Å². The van der Waals surface area contributed by atoms with Crippen LogP contribution < -0.4 is 5.32 Å². The number of imidazole rings is 1. The first kappa shape index (κ1) is 24.6. The molecule has 3 N–H and O–H groups in total. The van der Waals surface area contributed by atoms with Crippen LogP contribution in [0.1, 0.15) is 32.1 Å². The lowest BCUT2D eigenvalue weighted by Crippen LogP contribution is -2.39. The number of aromatic nitrogens is 4. The van der Waals surface area contributed by atoms with Crippen LogP contribution in [0, 0.1) is 5.92 Å². The first-order valence-corrected chi connectivity index (χ1v) is 13.9. The van der Waals surface area contributed by atoms with Crippen LogP contribution in [-0.4, -0.2) is 61.0 Å². The quantitative estimate of drug-likeness (QED) is 0.297. The van der Waals surface area contributed by atoms with Crippen LogP contribution in [0.3, 0.4) is 0 Å². The third-order valence-electron chi connectivity index (χ3n) is 5.89. The van der Waals surface area contributed by atoms with Crippen molar-refractivity contribution < 1.29 is 28.3 Å². The number of ether oxygens (including phenoxy) is 1. The number of rotatable bonds is 8. The predicted molar refractivity (Wildman–Crippen MR) is 130 cm³/mol. The standard InChI is InChI=1S/C22H28N5O6PS/c1-13(2)8-9-23-19-16-20(25-12-24-19)27(22(26-16)35-11-14-6-4-3-5-7-14)21-17(28)18-15(32-21)10-31-34(29,30)33-18/h3-7,12-13,15,17-18,21,28H,8-11H2,1-2H3,(H,29,30)(H,23,24,25)/t15-,17-,18-,21-/m1/s1. The van der Waals surface area contributed by atoms with Gasteiger partial charge in [0.05, 0.1) is 6.61 Å². The minimum Gasteiger partial charge on any atom is -0.386 e. The zero-order valence-electron chi connectivity index (χ0n) is 19.4. The third-order valence-corrected chi connectivity index (χ3v) is 7.90. The average Bonchev–Trinajstić information content (AvgIpc) is 3.35. The molecule has 4 heterocycles. The SMILES string of the molecule is CC(C)CCNc1ncnc2c1nc(SCc1ccccc1)n2[C@@H]1O[C@@H]2COP(=O)(O)O[C@H]2[C@H]1O. The van der Waals surface area contributed by atoms with E-state index >= 15 is 0 Å². The van der Waals surface area contributed by atoms with Crippen LogP contribution in [0.2, 0.25) is 0 Å². The van der Waals surface area contributed by atoms with Crippen molar-refractivity contribution in [3.8, 4) is 0 Å². The van der Waals surface area contributed by atoms with Gasteiger partial charge in [0.25, 0.3) is 0 Å². The molecule has 0 aliphatic carbocycles. The number of thioether (sulfide) groups is 1. The van der Waals surface area contributed by atoms with Gasteiger partial charge < -0.3 is 20.1 Å². The Morgan fingerprint density at radius 1 is 1.29 bits per heavy atom. The zero-order valence-corrected chi connectivity index (χ0v) is 21.1. The Morgan fingerprint density at radius 3 is 2.86 bits per heavy atom. The van der Waals surface area contributed by atoms with Crippen molar-refractivity contribution in [2.75, 3.05) is 18.5 Å². The van der Waals surface area contributed by atoms with Crippen LogP contribution in [0.5, 0.6) is 0 Å². The number of aliphatic hydroxyl groups excluding tert-OH is 1. The van der Waals surface area contributed by atoms with E-state index < -0.39 is 32.4 Å². The maximum Gasteiger partial charge on any atom is 0.472 e. The van der Waals surface area contributed by atoms with Gasteiger partial charge in [-0.15, -0.1) is 0 Å². The number of aliphatic hydroxyl groups is 1. The first-order chi connectivity index (χ1) is 16.8. The van der Waals surface area contributed by atoms with Gasteiger partial charge in [0.1, 0.15) is 24.6 Å². The van der Waals surface area contributed by atoms with E-state index in [-0.39, 0.29) is 6.61 Å². The fourth-order valence-corrected chi connectivity index (χ4v) is 6.04. The molecule has 2 fully saturated rings. The second-order valence-corrected chi connectivity index (χ2v) is 11.3. The molecule has 3 aromatic rings. The molecule has 2 aromatic heterocycles. The minimum atomic E-state index is -4.24. The largest absolute Gasteiger partial charge is 0.472 e. The molecule has 0 radical (unpaired) electrons. The zero-order chi connectivity index (χ0) is 24.6. The summed E-state index contributed by atoms with van der Waals surface area (Å²) in [6.07, 6.45) is -1.48. The Morgan fingerprint density at radius 2 is 2.09 bits per heavy atom. The van der Waals surface area contributed by atoms with Crippen molar-refractivity contribution in [2.24, 2.45) is 5.92 Å². The Labute approximate surface area is 206 Å². The number of nitrogens with one attached hydrogen (secondary N) is 1. The lowest BCUT2D eigenvalue weighted by atomic mass is 10.1. The molecule has 1 aromatic carbocycles. The Bertz CT molecular complexity index is 1230. The van der Waals surface area contributed by atoms with Gasteiger partial charge in [0.15, 0.2) is 28.4 Å². The molecule has 13 heteroatoms. The Balaban J connectivity index is 1.51. The average molecular weight is 522 g/mol. The van der Waals surface area contributed by atoms with E-state index in [1.54, 1.807) is 4.57 Å². The number of phosphoric acid groups is 1. The number of nitrogens with zero attached hydrogens (tertiary/aromatic N) is 4. The van der Waals surface area contributed by atoms with Crippen molar-refractivity contribution in [2.45, 2.75) is 55.7 Å². The summed E-state index contributed by atoms with van der Waals surface area (Å²) in [5.41, 5.74) is 2.15. The van der Waals surface area contributed by atoms with Gasteiger partial charge in [-0.3, -0.25) is 13.6 Å². The maximum atomic E-state index is 11.9. The Kier molecular flexibility index (Phi) is 7.13. The van der Waals surface area contributed by atoms with E-state index in [1.807, 2.05) is 30.3 Å². The molecule has 0 bridgehead atoms. The molecule has 0 saturated carbocycles. The highest BCUT2D eigenvalue weighted by molar-refractivity contribution is 7.98. The molecule has 2 saturated heterocycles. The highest BCUT2D eigenvalue weighted by Crippen LogP contribution is 2.53. The summed E-state index contributed by atoms with van der Waals surface area (Å²) in [7, 11) is -4.24. The van der Waals surface area contributed by atoms with E-state index in [9.17, 15) is 14.6 Å². The van der Waals surface area contributed by atoms with Gasteiger partial charge in [-0.05, 0) is 17.9 Å². The second-order valence-electron chi connectivity index (χ2n) is 8.93. The van der Waals surface area contributed by atoms with Crippen molar-refractivity contribution in [1.82, 2.24) is 19.5 Å². The van der Waals surface area contributed by atoms with E-state index in [1.165, 1.54) is 18.1 Å². The van der Waals surface area contributed by atoms with Crippen LogP contribution in [-0.2, 0) is 24.1 Å². The van der Waals surface area contributed by atoms with Crippen LogP contribution in [0.4, 0.5) is 5.82 Å². The fourth-order valence-electron chi connectivity index (χ4n) is 4.10. The normalized spacial score (nSPS) is 28.5. The highest BCUT2D eigenvalue weighted by Gasteiger charge is 2.53. The van der Waals surface area contributed by atoms with E-state index in [0.717, 1.165) is 18.5 Å². The monoisotopic (exact) mass is 521 g/mol. The molecule has 188 valence electrons. The van der Waals surface area contributed by atoms with Gasteiger partial charge in [-0.2, -0.15) is 0 Å². The van der Waals surface area contributed by atoms with Crippen LogP contribution in [0.15, 0.2) is 41.8 Å². The second kappa shape index (κ2) is 10.1. The third kappa shape index (κ3) is 5.24. The molecule has 5 rings (SSSR count). The lowest BCUT2D eigenvalue weighted by molar-refractivity contribution is -0.0684. The molecule has 0 spiro atoms. The number of benzene rings is 1. The fraction of sp³-hybridized carbons (Fsp3) is 0.500. The van der Waals surface area contributed by atoms with Gasteiger partial charge in [-0.25, -0.2) is 19.5 Å². The number of anilines is 1. The molecular formula is C22H28N5O6PS. The molecule has 35 heavy (non-hydrogen) atoms. The smallest absolute Gasteiger partial charge is 0.386 e. The minimum absolute atomic E-state index is 0.165. The van der Waals surface area contributed by atoms with Gasteiger partial charge in [0.2, 0.25) is 0 Å². The summed E-state index contributed by atoms with van der Waals surface area (Å²) in [5, 5.41) is 15.0. The number of hydrogen-bond donors (Lipinski definition) is 3. The van der Waals surface area contributed by atoms with Crippen LogP contribution >= 0.6 is 19.6 Å². The summed E-state index contributed by atoms with van der Waals surface area (Å²) in [6, 6.07) is 9.96. The van der Waals surface area contributed by atoms with Crippen molar-refractivity contribution in [3.63, 3.8) is 0 Å². The van der Waals surface area contributed by atoms with Crippen molar-refractivity contribution in [1.29, 1.82) is 0 Å². The van der Waals surface area contributed by atoms with E-state index in [2.05, 4.69) is 29.1 Å². The first-order valence-electron chi connectivity index (χ1n) is 11.4. The van der Waals surface area contributed by atoms with E-state index in [4.69, 9.17) is 18.8 Å². The van der Waals surface area contributed by atoms with Gasteiger partial charge in [0, 0.05) is 12.3 Å². The number of fused-ring (bicyclic) bond motifs is 2. The summed E-state index contributed by atoms with van der Waals surface area (Å²) in [6.45, 7) is 4.87. The summed E-state index contributed by atoms with van der Waals surface area (Å²) < 4.78 is 29.8. The molecular weight excluding hydrogens is 493 g/mol. The molecule has 2 aliphatic heterocycles. The molecule has 1 unspecified atom stereocenters. The number of phosphoric ester groups is 1. The molecule has 0 amide bonds. The summed E-state index contributed by atoms with van der Waals surface area (Å²) in [4.78, 5) is 23.4. The van der Waals surface area contributed by atoms with Gasteiger partial charge >= 0.3 is 7.82 Å². The number of hydrogen-bond acceptors (Lipinski definition) is 10. The maximum absolute atomic E-state index is 11.9. The van der Waals surface area contributed by atoms with Gasteiger partial charge in [-0.1, -0.05) is 55.9 Å². The molecule has 11 nitrogen and oxygen atoms in total. The predicted octanol–water partition coefficient (Wildman–Crippen LogP) is 3.35. The summed E-state index contributed by atoms with van der Waals surface area (Å²) >= 11 is 1.47.